The van der Waals surface area contributed by atoms with Crippen LogP contribution in [0.1, 0.15) is 13.3 Å². The van der Waals surface area contributed by atoms with Crippen LogP contribution in [0, 0.1) is 0 Å². The van der Waals surface area contributed by atoms with Crippen molar-refractivity contribution in [2.45, 2.75) is 19.4 Å². The largest absolute Gasteiger partial charge is 0.445 e. The van der Waals surface area contributed by atoms with E-state index < -0.39 is 0 Å². The lowest BCUT2D eigenvalue weighted by atomic mass is 10.2. The summed E-state index contributed by atoms with van der Waals surface area (Å²) in [5.41, 5.74) is 0. The van der Waals surface area contributed by atoms with E-state index in [1.165, 1.54) is 0 Å². The van der Waals surface area contributed by atoms with Crippen LogP contribution in [0.25, 0.3) is 0 Å². The standard InChI is InChI=1S/C10H18N2O2/c1-3-8-14-10(13)12-6-4-9(2)11-5-7-12/h3,9,11H,1,4-8H2,2H3/t9-/m1/s1. The van der Waals surface area contributed by atoms with Crippen LogP contribution in [0.3, 0.4) is 0 Å². The minimum atomic E-state index is -0.235. The molecule has 4 nitrogen and oxygen atoms in total. The van der Waals surface area contributed by atoms with Gasteiger partial charge in [-0.05, 0) is 13.3 Å². The maximum Gasteiger partial charge on any atom is 0.410 e. The second-order valence-electron chi connectivity index (χ2n) is 3.50. The van der Waals surface area contributed by atoms with Gasteiger partial charge in [-0.25, -0.2) is 4.79 Å². The summed E-state index contributed by atoms with van der Waals surface area (Å²) in [5, 5.41) is 3.32. The summed E-state index contributed by atoms with van der Waals surface area (Å²) < 4.78 is 4.96. The monoisotopic (exact) mass is 198 g/mol. The van der Waals surface area contributed by atoms with Gasteiger partial charge in [0, 0.05) is 25.7 Å². The molecule has 14 heavy (non-hydrogen) atoms. The number of nitrogens with zero attached hydrogens (tertiary/aromatic N) is 1. The molecule has 4 heteroatoms. The van der Waals surface area contributed by atoms with Crippen LogP contribution in [-0.4, -0.2) is 43.3 Å². The van der Waals surface area contributed by atoms with E-state index in [-0.39, 0.29) is 12.7 Å². The van der Waals surface area contributed by atoms with Gasteiger partial charge in [0.15, 0.2) is 0 Å². The van der Waals surface area contributed by atoms with Crippen LogP contribution in [0.15, 0.2) is 12.7 Å². The molecule has 1 amide bonds. The normalized spacial score (nSPS) is 22.6. The van der Waals surface area contributed by atoms with Crippen LogP contribution in [0.5, 0.6) is 0 Å². The Labute approximate surface area is 84.9 Å². The molecule has 1 saturated heterocycles. The smallest absolute Gasteiger partial charge is 0.410 e. The highest BCUT2D eigenvalue weighted by molar-refractivity contribution is 5.67. The molecule has 1 N–H and O–H groups in total. The van der Waals surface area contributed by atoms with Crippen LogP contribution in [0.4, 0.5) is 4.79 Å². The van der Waals surface area contributed by atoms with Gasteiger partial charge < -0.3 is 15.0 Å². The molecule has 1 rings (SSSR count). The van der Waals surface area contributed by atoms with Gasteiger partial charge in [-0.2, -0.15) is 0 Å². The van der Waals surface area contributed by atoms with Crippen molar-refractivity contribution in [3.05, 3.63) is 12.7 Å². The summed E-state index contributed by atoms with van der Waals surface area (Å²) in [6.07, 6.45) is 2.32. The van der Waals surface area contributed by atoms with E-state index in [2.05, 4.69) is 18.8 Å². The molecule has 0 radical (unpaired) electrons. The van der Waals surface area contributed by atoms with Crippen LogP contribution in [0.2, 0.25) is 0 Å². The first-order valence-electron chi connectivity index (χ1n) is 5.00. The zero-order valence-electron chi connectivity index (χ0n) is 8.66. The van der Waals surface area contributed by atoms with Gasteiger partial charge in [0.05, 0.1) is 0 Å². The van der Waals surface area contributed by atoms with Gasteiger partial charge in [-0.3, -0.25) is 0 Å². The van der Waals surface area contributed by atoms with Crippen LogP contribution < -0.4 is 5.32 Å². The fraction of sp³-hybridized carbons (Fsp3) is 0.700. The average molecular weight is 198 g/mol. The van der Waals surface area contributed by atoms with Gasteiger partial charge >= 0.3 is 6.09 Å². The van der Waals surface area contributed by atoms with Crippen molar-refractivity contribution in [3.63, 3.8) is 0 Å². The summed E-state index contributed by atoms with van der Waals surface area (Å²) in [6, 6.07) is 0.479. The van der Waals surface area contributed by atoms with Gasteiger partial charge in [-0.15, -0.1) is 0 Å². The molecule has 1 heterocycles. The number of carbonyl (C=O) groups is 1. The third-order valence-corrected chi connectivity index (χ3v) is 2.29. The summed E-state index contributed by atoms with van der Waals surface area (Å²) >= 11 is 0. The van der Waals surface area contributed by atoms with Crippen molar-refractivity contribution in [2.24, 2.45) is 0 Å². The fourth-order valence-corrected chi connectivity index (χ4v) is 1.41. The number of carbonyl (C=O) groups excluding carboxylic acids is 1. The SMILES string of the molecule is C=CCOC(=O)N1CCN[C@H](C)CC1. The predicted molar refractivity (Wildman–Crippen MR) is 55.2 cm³/mol. The molecule has 1 atom stereocenters. The maximum absolute atomic E-state index is 11.4. The van der Waals surface area contributed by atoms with Crippen LogP contribution in [-0.2, 0) is 4.74 Å². The highest BCUT2D eigenvalue weighted by Crippen LogP contribution is 2.02. The number of nitrogens with one attached hydrogen (secondary N) is 1. The van der Waals surface area contributed by atoms with E-state index in [4.69, 9.17) is 4.74 Å². The quantitative estimate of drug-likeness (QED) is 0.673. The molecule has 0 aromatic carbocycles. The van der Waals surface area contributed by atoms with Crippen molar-refractivity contribution in [1.29, 1.82) is 0 Å². The number of amides is 1. The van der Waals surface area contributed by atoms with E-state index in [0.717, 1.165) is 26.1 Å². The molecule has 1 aliphatic heterocycles. The van der Waals surface area contributed by atoms with Crippen molar-refractivity contribution in [3.8, 4) is 0 Å². The summed E-state index contributed by atoms with van der Waals surface area (Å²) in [4.78, 5) is 13.2. The number of hydrogen-bond acceptors (Lipinski definition) is 3. The summed E-state index contributed by atoms with van der Waals surface area (Å²) in [5.74, 6) is 0. The molecule has 1 fully saturated rings. The highest BCUT2D eigenvalue weighted by Gasteiger charge is 2.18. The Morgan fingerprint density at radius 1 is 1.71 bits per heavy atom. The first-order chi connectivity index (χ1) is 6.74. The van der Waals surface area contributed by atoms with E-state index in [1.807, 2.05) is 0 Å². The van der Waals surface area contributed by atoms with Crippen molar-refractivity contribution in [1.82, 2.24) is 10.2 Å². The highest BCUT2D eigenvalue weighted by atomic mass is 16.6. The van der Waals surface area contributed by atoms with Gasteiger partial charge in [0.2, 0.25) is 0 Å². The summed E-state index contributed by atoms with van der Waals surface area (Å²) in [6.45, 7) is 8.24. The Hall–Kier alpha value is -1.03. The predicted octanol–water partition coefficient (Wildman–Crippen LogP) is 0.993. The molecule has 0 aromatic rings. The minimum absolute atomic E-state index is 0.235. The molecule has 0 saturated carbocycles. The van der Waals surface area contributed by atoms with Crippen molar-refractivity contribution < 1.29 is 9.53 Å². The lowest BCUT2D eigenvalue weighted by Gasteiger charge is -2.18. The fourth-order valence-electron chi connectivity index (χ4n) is 1.41. The summed E-state index contributed by atoms with van der Waals surface area (Å²) in [7, 11) is 0. The minimum Gasteiger partial charge on any atom is -0.445 e. The Bertz CT molecular complexity index is 206. The van der Waals surface area contributed by atoms with E-state index in [1.54, 1.807) is 11.0 Å². The zero-order chi connectivity index (χ0) is 10.4. The lowest BCUT2D eigenvalue weighted by molar-refractivity contribution is 0.115. The Morgan fingerprint density at radius 3 is 3.21 bits per heavy atom. The molecule has 1 aliphatic rings. The van der Waals surface area contributed by atoms with Gasteiger partial charge in [0.1, 0.15) is 6.61 Å². The molecule has 0 aliphatic carbocycles. The second kappa shape index (κ2) is 5.65. The third kappa shape index (κ3) is 3.38. The molecule has 80 valence electrons. The first-order valence-corrected chi connectivity index (χ1v) is 5.00. The van der Waals surface area contributed by atoms with E-state index in [0.29, 0.717) is 6.04 Å². The first kappa shape index (κ1) is 11.0. The number of ether oxygens (including phenoxy) is 1. The Morgan fingerprint density at radius 2 is 2.50 bits per heavy atom. The molecule has 0 aromatic heterocycles. The average Bonchev–Trinajstić information content (AvgIpc) is 2.39. The van der Waals surface area contributed by atoms with Crippen molar-refractivity contribution in [2.75, 3.05) is 26.2 Å². The number of rotatable bonds is 2. The van der Waals surface area contributed by atoms with Gasteiger partial charge in [-0.1, -0.05) is 12.7 Å². The van der Waals surface area contributed by atoms with Crippen molar-refractivity contribution >= 4 is 6.09 Å². The molecule has 0 unspecified atom stereocenters. The maximum atomic E-state index is 11.4. The molecular weight excluding hydrogens is 180 g/mol. The molecular formula is C10H18N2O2. The Kier molecular flexibility index (Phi) is 4.46. The molecule has 0 bridgehead atoms. The molecule has 0 spiro atoms. The zero-order valence-corrected chi connectivity index (χ0v) is 8.66. The van der Waals surface area contributed by atoms with Gasteiger partial charge in [0.25, 0.3) is 0 Å². The topological polar surface area (TPSA) is 41.6 Å². The Balaban J connectivity index is 2.35. The second-order valence-corrected chi connectivity index (χ2v) is 3.50. The lowest BCUT2D eigenvalue weighted by Crippen LogP contribution is -2.34. The van der Waals surface area contributed by atoms with E-state index >= 15 is 0 Å². The van der Waals surface area contributed by atoms with Crippen LogP contribution >= 0.6 is 0 Å². The number of hydrogen-bond donors (Lipinski definition) is 1. The third-order valence-electron chi connectivity index (χ3n) is 2.29. The van der Waals surface area contributed by atoms with E-state index in [9.17, 15) is 4.79 Å².